The molecule has 0 bridgehead atoms. The number of nitrogens with zero attached hydrogens (tertiary/aromatic N) is 1. The summed E-state index contributed by atoms with van der Waals surface area (Å²) in [7, 11) is 0. The third-order valence-corrected chi connectivity index (χ3v) is 3.24. The molecular formula is C17H21NS3. The molecule has 0 amide bonds. The van der Waals surface area contributed by atoms with Crippen molar-refractivity contribution < 1.29 is 0 Å². The van der Waals surface area contributed by atoms with Gasteiger partial charge in [0.15, 0.2) is 0 Å². The second-order valence-electron chi connectivity index (χ2n) is 4.43. The van der Waals surface area contributed by atoms with Crippen molar-refractivity contribution in [3.8, 4) is 0 Å². The van der Waals surface area contributed by atoms with E-state index in [2.05, 4.69) is 54.4 Å². The van der Waals surface area contributed by atoms with E-state index in [9.17, 15) is 0 Å². The van der Waals surface area contributed by atoms with Gasteiger partial charge >= 0.3 is 0 Å². The lowest BCUT2D eigenvalue weighted by atomic mass is 10.2. The molecule has 1 nitrogen and oxygen atoms in total. The summed E-state index contributed by atoms with van der Waals surface area (Å²) in [5.41, 5.74) is 2.48. The first-order chi connectivity index (χ1) is 10.2. The molecule has 0 N–H and O–H groups in total. The Labute approximate surface area is 144 Å². The number of hydrogen-bond acceptors (Lipinski definition) is 2. The topological polar surface area (TPSA) is 3.24 Å². The number of hydrogen-bond donors (Lipinski definition) is 2. The lowest BCUT2D eigenvalue weighted by Crippen LogP contribution is -2.24. The predicted molar refractivity (Wildman–Crippen MR) is 103 cm³/mol. The molecule has 0 saturated heterocycles. The molecule has 0 unspecified atom stereocenters. The van der Waals surface area contributed by atoms with Crippen molar-refractivity contribution in [2.45, 2.75) is 20.0 Å². The highest BCUT2D eigenvalue weighted by atomic mass is 32.1. The lowest BCUT2D eigenvalue weighted by Gasteiger charge is -2.22. The smallest absolute Gasteiger partial charge is 0.133 e. The Bertz CT molecular complexity index is 473. The van der Waals surface area contributed by atoms with Crippen LogP contribution in [0.1, 0.15) is 18.1 Å². The van der Waals surface area contributed by atoms with Crippen molar-refractivity contribution in [2.75, 3.05) is 5.75 Å². The van der Waals surface area contributed by atoms with Gasteiger partial charge in [-0.1, -0.05) is 79.8 Å². The van der Waals surface area contributed by atoms with Crippen LogP contribution in [0.3, 0.4) is 0 Å². The van der Waals surface area contributed by atoms with Crippen LogP contribution in [-0.2, 0) is 13.1 Å². The summed E-state index contributed by atoms with van der Waals surface area (Å²) in [4.78, 5) is 2.09. The van der Waals surface area contributed by atoms with Crippen LogP contribution >= 0.6 is 37.5 Å². The van der Waals surface area contributed by atoms with Gasteiger partial charge in [-0.15, -0.1) is 12.6 Å². The van der Waals surface area contributed by atoms with Crippen molar-refractivity contribution >= 4 is 41.8 Å². The van der Waals surface area contributed by atoms with Gasteiger partial charge in [-0.3, -0.25) is 0 Å². The summed E-state index contributed by atoms with van der Waals surface area (Å²) in [5, 5.41) is 0. The zero-order valence-corrected chi connectivity index (χ0v) is 14.8. The van der Waals surface area contributed by atoms with Crippen LogP contribution in [0.2, 0.25) is 0 Å². The van der Waals surface area contributed by atoms with E-state index < -0.39 is 0 Å². The van der Waals surface area contributed by atoms with Gasteiger partial charge in [0.05, 0.1) is 0 Å². The third-order valence-electron chi connectivity index (χ3n) is 2.70. The molecule has 2 aromatic carbocycles. The fraction of sp³-hybridized carbons (Fsp3) is 0.235. The van der Waals surface area contributed by atoms with Gasteiger partial charge in [0.1, 0.15) is 4.32 Å². The van der Waals surface area contributed by atoms with E-state index in [1.165, 1.54) is 11.1 Å². The molecule has 0 aromatic heterocycles. The second kappa shape index (κ2) is 10.7. The monoisotopic (exact) mass is 335 g/mol. The maximum atomic E-state index is 5.21. The molecule has 21 heavy (non-hydrogen) atoms. The lowest BCUT2D eigenvalue weighted by molar-refractivity contribution is 0.422. The minimum atomic E-state index is 0.628. The predicted octanol–water partition coefficient (Wildman–Crippen LogP) is 4.84. The van der Waals surface area contributed by atoms with Gasteiger partial charge in [-0.2, -0.15) is 12.6 Å². The molecule has 0 radical (unpaired) electrons. The Morgan fingerprint density at radius 1 is 0.905 bits per heavy atom. The maximum Gasteiger partial charge on any atom is 0.133 e. The largest absolute Gasteiger partial charge is 0.349 e. The summed E-state index contributed by atoms with van der Waals surface area (Å²) in [6.07, 6.45) is 0. The molecule has 4 heteroatoms. The Morgan fingerprint density at radius 3 is 1.52 bits per heavy atom. The first-order valence-corrected chi connectivity index (χ1v) is 8.32. The van der Waals surface area contributed by atoms with Gasteiger partial charge in [0.2, 0.25) is 0 Å². The van der Waals surface area contributed by atoms with Gasteiger partial charge in [0, 0.05) is 13.1 Å². The van der Waals surface area contributed by atoms with E-state index in [4.69, 9.17) is 12.2 Å². The van der Waals surface area contributed by atoms with Gasteiger partial charge in [0.25, 0.3) is 0 Å². The van der Waals surface area contributed by atoms with Gasteiger partial charge in [-0.05, 0) is 16.9 Å². The number of benzene rings is 2. The van der Waals surface area contributed by atoms with Gasteiger partial charge in [-0.25, -0.2) is 0 Å². The van der Waals surface area contributed by atoms with Crippen LogP contribution in [0.15, 0.2) is 60.7 Å². The highest BCUT2D eigenvalue weighted by molar-refractivity contribution is 8.10. The van der Waals surface area contributed by atoms with E-state index in [0.29, 0.717) is 4.32 Å². The molecule has 0 aliphatic rings. The minimum Gasteiger partial charge on any atom is -0.349 e. The molecule has 0 aliphatic heterocycles. The van der Waals surface area contributed by atoms with Crippen LogP contribution < -0.4 is 0 Å². The van der Waals surface area contributed by atoms with E-state index >= 15 is 0 Å². The molecule has 2 rings (SSSR count). The Hall–Kier alpha value is -0.970. The molecule has 0 aliphatic carbocycles. The number of thiocarbonyl (C=S) groups is 1. The van der Waals surface area contributed by atoms with E-state index in [0.717, 1.165) is 18.8 Å². The van der Waals surface area contributed by atoms with Crippen molar-refractivity contribution in [3.63, 3.8) is 0 Å². The van der Waals surface area contributed by atoms with Crippen LogP contribution in [0.4, 0.5) is 0 Å². The summed E-state index contributed by atoms with van der Waals surface area (Å²) in [6.45, 7) is 3.57. The molecule has 112 valence electrons. The SMILES string of the molecule is CCS.S=C(S)N(Cc1ccccc1)Cc1ccccc1. The third kappa shape index (κ3) is 7.55. The highest BCUT2D eigenvalue weighted by Gasteiger charge is 2.07. The van der Waals surface area contributed by atoms with E-state index in [1.807, 2.05) is 43.3 Å². The van der Waals surface area contributed by atoms with E-state index in [-0.39, 0.29) is 0 Å². The average molecular weight is 336 g/mol. The molecule has 0 fully saturated rings. The van der Waals surface area contributed by atoms with Crippen LogP contribution in [0.5, 0.6) is 0 Å². The molecule has 0 saturated carbocycles. The summed E-state index contributed by atoms with van der Waals surface area (Å²) in [6, 6.07) is 20.6. The normalized spacial score (nSPS) is 9.48. The maximum absolute atomic E-state index is 5.21. The first kappa shape index (κ1) is 18.1. The van der Waals surface area contributed by atoms with Crippen molar-refractivity contribution in [1.82, 2.24) is 4.90 Å². The standard InChI is InChI=1S/C15H15NS2.C2H6S/c17-15(18)16(11-13-7-3-1-4-8-13)12-14-9-5-2-6-10-14;1-2-3/h1-10H,11-12H2,(H,17,18);3H,2H2,1H3. The summed E-state index contributed by atoms with van der Waals surface area (Å²) >= 11 is 13.3. The second-order valence-corrected chi connectivity index (χ2v) is 6.17. The van der Waals surface area contributed by atoms with Crippen molar-refractivity contribution in [1.29, 1.82) is 0 Å². The molecule has 0 heterocycles. The average Bonchev–Trinajstić information content (AvgIpc) is 2.49. The Kier molecular flexibility index (Phi) is 9.22. The van der Waals surface area contributed by atoms with Crippen molar-refractivity contribution in [2.24, 2.45) is 0 Å². The number of thiol groups is 2. The zero-order valence-electron chi connectivity index (χ0n) is 12.1. The Morgan fingerprint density at radius 2 is 1.24 bits per heavy atom. The summed E-state index contributed by atoms with van der Waals surface area (Å²) < 4.78 is 0.628. The first-order valence-electron chi connectivity index (χ1n) is 6.84. The highest BCUT2D eigenvalue weighted by Crippen LogP contribution is 2.12. The zero-order chi connectivity index (χ0) is 15.5. The molecule has 2 aromatic rings. The fourth-order valence-corrected chi connectivity index (χ4v) is 2.07. The van der Waals surface area contributed by atoms with Gasteiger partial charge < -0.3 is 4.90 Å². The van der Waals surface area contributed by atoms with Crippen LogP contribution in [-0.4, -0.2) is 15.0 Å². The number of rotatable bonds is 4. The fourth-order valence-electron chi connectivity index (χ4n) is 1.80. The van der Waals surface area contributed by atoms with Crippen LogP contribution in [0.25, 0.3) is 0 Å². The summed E-state index contributed by atoms with van der Waals surface area (Å²) in [5.74, 6) is 0.944. The molecular weight excluding hydrogens is 314 g/mol. The quantitative estimate of drug-likeness (QED) is 0.608. The Balaban J connectivity index is 0.000000677. The van der Waals surface area contributed by atoms with Crippen molar-refractivity contribution in [3.05, 3.63) is 71.8 Å². The molecule has 0 spiro atoms. The minimum absolute atomic E-state index is 0.628. The van der Waals surface area contributed by atoms with Crippen LogP contribution in [0, 0.1) is 0 Å². The molecule has 0 atom stereocenters. The van der Waals surface area contributed by atoms with E-state index in [1.54, 1.807) is 0 Å².